The van der Waals surface area contributed by atoms with Crippen LogP contribution in [0.3, 0.4) is 0 Å². The molecular weight excluding hydrogens is 190 g/mol. The Kier molecular flexibility index (Phi) is 4.95. The Morgan fingerprint density at radius 3 is 1.50 bits per heavy atom. The van der Waals surface area contributed by atoms with Gasteiger partial charge in [0.05, 0.1) is 0 Å². The van der Waals surface area contributed by atoms with Crippen molar-refractivity contribution >= 4 is 16.9 Å². The topological polar surface area (TPSA) is 34.1 Å². The van der Waals surface area contributed by atoms with Gasteiger partial charge in [0.25, 0.3) is 0 Å². The molecule has 0 aromatic carbocycles. The predicted octanol–water partition coefficient (Wildman–Crippen LogP) is 3.66. The predicted molar refractivity (Wildman–Crippen MR) is 50.5 cm³/mol. The van der Waals surface area contributed by atoms with Crippen LogP contribution in [0.15, 0.2) is 0 Å². The molecule has 1 aliphatic carbocycles. The van der Waals surface area contributed by atoms with Crippen LogP contribution in [0.2, 0.25) is 0 Å². The van der Waals surface area contributed by atoms with Crippen LogP contribution in [0.4, 0.5) is 0 Å². The zero-order valence-corrected chi connectivity index (χ0v) is 8.90. The fourth-order valence-electron chi connectivity index (χ4n) is 1.64. The minimum atomic E-state index is 0.281. The van der Waals surface area contributed by atoms with Crippen molar-refractivity contribution in [2.24, 2.45) is 0 Å². The van der Waals surface area contributed by atoms with E-state index in [2.05, 4.69) is 0 Å². The summed E-state index contributed by atoms with van der Waals surface area (Å²) in [5, 5.41) is 0. The van der Waals surface area contributed by atoms with Crippen molar-refractivity contribution in [3.05, 3.63) is 0 Å². The van der Waals surface area contributed by atoms with Crippen molar-refractivity contribution in [2.75, 3.05) is 0 Å². The molecule has 0 radical (unpaired) electrons. The van der Waals surface area contributed by atoms with Gasteiger partial charge in [-0.25, -0.2) is 0 Å². The van der Waals surface area contributed by atoms with Crippen molar-refractivity contribution in [1.82, 2.24) is 0 Å². The van der Waals surface area contributed by atoms with Gasteiger partial charge in [0.15, 0.2) is 16.9 Å². The molecule has 1 fully saturated rings. The second kappa shape index (κ2) is 5.78. The molecule has 2 unspecified atom stereocenters. The summed E-state index contributed by atoms with van der Waals surface area (Å²) in [6, 6.07) is 0. The zero-order chi connectivity index (χ0) is 8.81. The van der Waals surface area contributed by atoms with Crippen molar-refractivity contribution in [2.45, 2.75) is 49.8 Å². The highest BCUT2D eigenvalue weighted by Crippen LogP contribution is 2.29. The van der Waals surface area contributed by atoms with Crippen LogP contribution in [-0.2, 0) is 9.13 Å². The van der Waals surface area contributed by atoms with Crippen LogP contribution in [0.5, 0.6) is 0 Å². The summed E-state index contributed by atoms with van der Waals surface area (Å²) in [6.45, 7) is 0. The van der Waals surface area contributed by atoms with Gasteiger partial charge in [0.2, 0.25) is 0 Å². The molecule has 2 atom stereocenters. The van der Waals surface area contributed by atoms with Gasteiger partial charge in [-0.1, -0.05) is 12.8 Å². The van der Waals surface area contributed by atoms with E-state index in [0.717, 1.165) is 38.5 Å². The fourth-order valence-corrected chi connectivity index (χ4v) is 2.73. The summed E-state index contributed by atoms with van der Waals surface area (Å²) in [5.41, 5.74) is 0.657. The molecule has 0 amide bonds. The van der Waals surface area contributed by atoms with Crippen LogP contribution in [0.1, 0.15) is 38.5 Å². The Morgan fingerprint density at radius 1 is 0.750 bits per heavy atom. The lowest BCUT2D eigenvalue weighted by Gasteiger charge is -2.16. The highest BCUT2D eigenvalue weighted by Gasteiger charge is 2.17. The molecule has 0 spiro atoms. The first kappa shape index (κ1) is 10.3. The summed E-state index contributed by atoms with van der Waals surface area (Å²) in [7, 11) is 0.561. The third-order valence-electron chi connectivity index (χ3n) is 2.46. The minimum Gasteiger partial charge on any atom is -0.275 e. The van der Waals surface area contributed by atoms with E-state index >= 15 is 0 Å². The van der Waals surface area contributed by atoms with E-state index < -0.39 is 0 Å². The molecule has 0 aromatic rings. The summed E-state index contributed by atoms with van der Waals surface area (Å²) in [6.07, 6.45) is 6.40. The molecule has 1 saturated carbocycles. The van der Waals surface area contributed by atoms with Crippen molar-refractivity contribution < 1.29 is 9.13 Å². The van der Waals surface area contributed by atoms with Crippen LogP contribution in [0.25, 0.3) is 0 Å². The average molecular weight is 204 g/mol. The van der Waals surface area contributed by atoms with E-state index in [-0.39, 0.29) is 16.9 Å². The fraction of sp³-hybridized carbons (Fsp3) is 1.00. The first-order valence-electron chi connectivity index (χ1n) is 4.51. The zero-order valence-electron chi connectivity index (χ0n) is 7.11. The first-order valence-corrected chi connectivity index (χ1v) is 6.28. The van der Waals surface area contributed by atoms with Crippen molar-refractivity contribution in [3.8, 4) is 0 Å². The maximum absolute atomic E-state index is 10.6. The largest absolute Gasteiger partial charge is 0.275 e. The normalized spacial score (nSPS) is 33.0. The van der Waals surface area contributed by atoms with E-state index in [0.29, 0.717) is 11.3 Å². The molecule has 68 valence electrons. The number of hydrogen-bond acceptors (Lipinski definition) is 2. The van der Waals surface area contributed by atoms with Gasteiger partial charge < -0.3 is 0 Å². The molecule has 0 heterocycles. The Balaban J connectivity index is 2.37. The van der Waals surface area contributed by atoms with Gasteiger partial charge in [-0.3, -0.25) is 9.13 Å². The second-order valence-electron chi connectivity index (χ2n) is 3.38. The Bertz CT molecular complexity index is 143. The van der Waals surface area contributed by atoms with Gasteiger partial charge in [0.1, 0.15) is 0 Å². The Morgan fingerprint density at radius 2 is 1.17 bits per heavy atom. The summed E-state index contributed by atoms with van der Waals surface area (Å²) in [5.74, 6) is 0. The molecular formula is C8H14O2P2. The van der Waals surface area contributed by atoms with Gasteiger partial charge in [-0.2, -0.15) is 0 Å². The van der Waals surface area contributed by atoms with Crippen LogP contribution in [0, 0.1) is 0 Å². The highest BCUT2D eigenvalue weighted by molar-refractivity contribution is 7.25. The Hall–Kier alpha value is 0.200. The van der Waals surface area contributed by atoms with Gasteiger partial charge in [-0.05, 0) is 25.7 Å². The monoisotopic (exact) mass is 204 g/mol. The second-order valence-corrected chi connectivity index (χ2v) is 5.26. The molecule has 1 aliphatic rings. The van der Waals surface area contributed by atoms with Gasteiger partial charge in [0, 0.05) is 11.3 Å². The molecule has 4 heteroatoms. The lowest BCUT2D eigenvalue weighted by molar-refractivity contribution is 0.495. The smallest absolute Gasteiger partial charge is 0.158 e. The van der Waals surface area contributed by atoms with Gasteiger partial charge in [-0.15, -0.1) is 0 Å². The SMILES string of the molecule is O=PC1CCCCC(P=O)CC1. The third-order valence-corrected chi connectivity index (χ3v) is 4.09. The van der Waals surface area contributed by atoms with Gasteiger partial charge >= 0.3 is 0 Å². The third kappa shape index (κ3) is 3.29. The molecule has 2 nitrogen and oxygen atoms in total. The molecule has 0 aliphatic heterocycles. The summed E-state index contributed by atoms with van der Waals surface area (Å²) >= 11 is 0. The van der Waals surface area contributed by atoms with E-state index in [4.69, 9.17) is 0 Å². The molecule has 0 saturated heterocycles. The lowest BCUT2D eigenvalue weighted by Crippen LogP contribution is -2.09. The van der Waals surface area contributed by atoms with E-state index in [9.17, 15) is 9.13 Å². The molecule has 0 bridgehead atoms. The van der Waals surface area contributed by atoms with Crippen LogP contribution < -0.4 is 0 Å². The van der Waals surface area contributed by atoms with E-state index in [1.807, 2.05) is 0 Å². The Labute approximate surface area is 76.5 Å². The maximum atomic E-state index is 10.6. The molecule has 0 N–H and O–H groups in total. The number of hydrogen-bond donors (Lipinski definition) is 0. The van der Waals surface area contributed by atoms with Crippen LogP contribution in [-0.4, -0.2) is 11.3 Å². The van der Waals surface area contributed by atoms with Crippen molar-refractivity contribution in [3.63, 3.8) is 0 Å². The molecule has 0 aromatic heterocycles. The van der Waals surface area contributed by atoms with E-state index in [1.165, 1.54) is 0 Å². The summed E-state index contributed by atoms with van der Waals surface area (Å²) in [4.78, 5) is 0. The van der Waals surface area contributed by atoms with Crippen molar-refractivity contribution in [1.29, 1.82) is 0 Å². The summed E-state index contributed by atoms with van der Waals surface area (Å²) < 4.78 is 21.3. The number of rotatable bonds is 2. The quantitative estimate of drug-likeness (QED) is 0.643. The lowest BCUT2D eigenvalue weighted by atomic mass is 10.00. The standard InChI is InChI=1S/C8H14O2P2/c9-11-7-3-1-2-4-8(12-10)6-5-7/h7-8H,1-6H2. The van der Waals surface area contributed by atoms with Crippen LogP contribution >= 0.6 is 16.9 Å². The highest BCUT2D eigenvalue weighted by atomic mass is 31.1. The molecule has 1 rings (SSSR count). The maximum Gasteiger partial charge on any atom is 0.158 e. The average Bonchev–Trinajstić information content (AvgIpc) is 2.05. The molecule has 12 heavy (non-hydrogen) atoms. The first-order chi connectivity index (χ1) is 5.86. The van der Waals surface area contributed by atoms with E-state index in [1.54, 1.807) is 0 Å². The minimum absolute atomic E-state index is 0.281.